The summed E-state index contributed by atoms with van der Waals surface area (Å²) in [6.45, 7) is 5.08. The first-order chi connectivity index (χ1) is 10.9. The van der Waals surface area contributed by atoms with Crippen LogP contribution in [-0.4, -0.2) is 36.5 Å². The van der Waals surface area contributed by atoms with E-state index in [0.29, 0.717) is 18.2 Å². The Labute approximate surface area is 157 Å². The minimum absolute atomic E-state index is 0. The second kappa shape index (κ2) is 9.45. The summed E-state index contributed by atoms with van der Waals surface area (Å²) < 4.78 is 38.0. The molecule has 0 aliphatic carbocycles. The highest BCUT2D eigenvalue weighted by molar-refractivity contribution is 14.0. The van der Waals surface area contributed by atoms with Crippen molar-refractivity contribution in [3.05, 3.63) is 35.4 Å². The van der Waals surface area contributed by atoms with E-state index in [4.69, 9.17) is 5.73 Å². The number of hydrogen-bond acceptors (Lipinski definition) is 2. The van der Waals surface area contributed by atoms with Crippen LogP contribution >= 0.6 is 24.0 Å². The minimum atomic E-state index is -4.34. The van der Waals surface area contributed by atoms with E-state index in [0.717, 1.165) is 31.6 Å². The van der Waals surface area contributed by atoms with Gasteiger partial charge in [0, 0.05) is 12.6 Å². The molecule has 0 bridgehead atoms. The van der Waals surface area contributed by atoms with Crippen molar-refractivity contribution in [2.75, 3.05) is 19.6 Å². The van der Waals surface area contributed by atoms with Crippen LogP contribution in [0.5, 0.6) is 0 Å². The molecule has 1 saturated heterocycles. The lowest BCUT2D eigenvalue weighted by molar-refractivity contribution is -0.137. The molecular formula is C16H24F3IN4. The van der Waals surface area contributed by atoms with Crippen LogP contribution in [0.1, 0.15) is 30.9 Å². The van der Waals surface area contributed by atoms with E-state index < -0.39 is 11.7 Å². The highest BCUT2D eigenvalue weighted by Crippen LogP contribution is 2.29. The standard InChI is InChI=1S/C16H23F3N4.HI/c1-2-23-8-4-7-14(23)11-22-15(20)21-10-12-5-3-6-13(9-12)16(17,18)19;/h3,5-6,9,14H,2,4,7-8,10-11H2,1H3,(H3,20,21,22);1H. The molecule has 1 aromatic carbocycles. The van der Waals surface area contributed by atoms with Gasteiger partial charge in [-0.05, 0) is 43.6 Å². The van der Waals surface area contributed by atoms with Crippen LogP contribution in [0, 0.1) is 0 Å². The van der Waals surface area contributed by atoms with E-state index >= 15 is 0 Å². The summed E-state index contributed by atoms with van der Waals surface area (Å²) in [5.41, 5.74) is 5.63. The maximum Gasteiger partial charge on any atom is 0.416 e. The van der Waals surface area contributed by atoms with Crippen LogP contribution in [0.3, 0.4) is 0 Å². The number of nitrogens with zero attached hydrogens (tertiary/aromatic N) is 2. The Morgan fingerprint density at radius 2 is 2.17 bits per heavy atom. The van der Waals surface area contributed by atoms with E-state index in [9.17, 15) is 13.2 Å². The van der Waals surface area contributed by atoms with Gasteiger partial charge in [0.1, 0.15) is 0 Å². The molecule has 2 rings (SSSR count). The Kier molecular flexibility index (Phi) is 8.28. The molecule has 0 amide bonds. The maximum absolute atomic E-state index is 12.7. The number of guanidine groups is 1. The van der Waals surface area contributed by atoms with Crippen molar-refractivity contribution in [3.8, 4) is 0 Å². The number of nitrogens with two attached hydrogens (primary N) is 1. The number of aliphatic imine (C=N–C) groups is 1. The summed E-state index contributed by atoms with van der Waals surface area (Å²) in [5.74, 6) is 0.269. The van der Waals surface area contributed by atoms with Crippen LogP contribution < -0.4 is 11.1 Å². The van der Waals surface area contributed by atoms with Crippen LogP contribution in [0.4, 0.5) is 13.2 Å². The molecule has 1 aliphatic heterocycles. The van der Waals surface area contributed by atoms with Crippen molar-refractivity contribution in [1.29, 1.82) is 0 Å². The van der Waals surface area contributed by atoms with Gasteiger partial charge < -0.3 is 11.1 Å². The number of nitrogens with one attached hydrogen (secondary N) is 1. The Hall–Kier alpha value is -1.03. The zero-order valence-electron chi connectivity index (χ0n) is 13.6. The Morgan fingerprint density at radius 3 is 2.83 bits per heavy atom. The third-order valence-electron chi connectivity index (χ3n) is 4.11. The molecule has 1 unspecified atom stereocenters. The molecular weight excluding hydrogens is 432 g/mol. The lowest BCUT2D eigenvalue weighted by atomic mass is 10.1. The Morgan fingerprint density at radius 1 is 1.42 bits per heavy atom. The van der Waals surface area contributed by atoms with Gasteiger partial charge in [-0.15, -0.1) is 24.0 Å². The van der Waals surface area contributed by atoms with E-state index in [1.165, 1.54) is 12.5 Å². The fraction of sp³-hybridized carbons (Fsp3) is 0.562. The molecule has 0 aromatic heterocycles. The number of hydrogen-bond donors (Lipinski definition) is 2. The highest BCUT2D eigenvalue weighted by Gasteiger charge is 2.30. The van der Waals surface area contributed by atoms with Crippen LogP contribution in [0.25, 0.3) is 0 Å². The van der Waals surface area contributed by atoms with Crippen molar-refractivity contribution in [3.63, 3.8) is 0 Å². The number of likely N-dealkylation sites (N-methyl/N-ethyl adjacent to an activating group) is 1. The van der Waals surface area contributed by atoms with Crippen molar-refractivity contribution in [1.82, 2.24) is 10.2 Å². The first-order valence-electron chi connectivity index (χ1n) is 7.84. The third-order valence-corrected chi connectivity index (χ3v) is 4.11. The van der Waals surface area contributed by atoms with Gasteiger partial charge in [0.05, 0.1) is 12.1 Å². The molecule has 1 aliphatic rings. The molecule has 1 heterocycles. The fourth-order valence-corrected chi connectivity index (χ4v) is 2.84. The number of halogens is 4. The van der Waals surface area contributed by atoms with Crippen LogP contribution in [0.15, 0.2) is 29.3 Å². The molecule has 0 saturated carbocycles. The summed E-state index contributed by atoms with van der Waals surface area (Å²) in [6.07, 6.45) is -2.03. The van der Waals surface area contributed by atoms with Gasteiger partial charge in [-0.3, -0.25) is 4.90 Å². The number of benzene rings is 1. The Balaban J connectivity index is 0.00000288. The minimum Gasteiger partial charge on any atom is -0.370 e. The third kappa shape index (κ3) is 6.12. The molecule has 0 spiro atoms. The normalized spacial score (nSPS) is 19.2. The first-order valence-corrected chi connectivity index (χ1v) is 7.84. The molecule has 3 N–H and O–H groups in total. The average molecular weight is 456 g/mol. The van der Waals surface area contributed by atoms with Gasteiger partial charge >= 0.3 is 6.18 Å². The van der Waals surface area contributed by atoms with E-state index in [2.05, 4.69) is 22.1 Å². The summed E-state index contributed by atoms with van der Waals surface area (Å²) in [7, 11) is 0. The van der Waals surface area contributed by atoms with Crippen LogP contribution in [-0.2, 0) is 12.7 Å². The lowest BCUT2D eigenvalue weighted by Gasteiger charge is -2.23. The Bertz CT molecular complexity index is 548. The average Bonchev–Trinajstić information content (AvgIpc) is 2.98. The summed E-state index contributed by atoms with van der Waals surface area (Å²) in [5, 5.41) is 3.07. The quantitative estimate of drug-likeness (QED) is 0.407. The number of likely N-dealkylation sites (tertiary alicyclic amines) is 1. The molecule has 1 fully saturated rings. The van der Waals surface area contributed by atoms with Gasteiger partial charge in [0.15, 0.2) is 5.96 Å². The van der Waals surface area contributed by atoms with E-state index in [1.807, 2.05) is 0 Å². The predicted octanol–water partition coefficient (Wildman–Crippen LogP) is 3.21. The fourth-order valence-electron chi connectivity index (χ4n) is 2.84. The monoisotopic (exact) mass is 456 g/mol. The van der Waals surface area contributed by atoms with Gasteiger partial charge in [0.25, 0.3) is 0 Å². The van der Waals surface area contributed by atoms with Crippen molar-refractivity contribution in [2.24, 2.45) is 10.7 Å². The van der Waals surface area contributed by atoms with Crippen molar-refractivity contribution >= 4 is 29.9 Å². The zero-order valence-corrected chi connectivity index (χ0v) is 16.0. The smallest absolute Gasteiger partial charge is 0.370 e. The molecule has 24 heavy (non-hydrogen) atoms. The SMILES string of the molecule is CCN1CCCC1CNC(N)=NCc1cccc(C(F)(F)F)c1.I. The molecule has 0 radical (unpaired) electrons. The van der Waals surface area contributed by atoms with Gasteiger partial charge in [-0.1, -0.05) is 19.1 Å². The topological polar surface area (TPSA) is 53.6 Å². The lowest BCUT2D eigenvalue weighted by Crippen LogP contribution is -2.42. The van der Waals surface area contributed by atoms with Gasteiger partial charge in [0.2, 0.25) is 0 Å². The largest absolute Gasteiger partial charge is 0.416 e. The first kappa shape index (κ1) is 21.0. The summed E-state index contributed by atoms with van der Waals surface area (Å²) in [6, 6.07) is 5.60. The molecule has 8 heteroatoms. The molecule has 4 nitrogen and oxygen atoms in total. The summed E-state index contributed by atoms with van der Waals surface area (Å²) >= 11 is 0. The molecule has 1 aromatic rings. The second-order valence-corrected chi connectivity index (χ2v) is 5.71. The van der Waals surface area contributed by atoms with E-state index in [1.54, 1.807) is 6.07 Å². The van der Waals surface area contributed by atoms with Gasteiger partial charge in [-0.2, -0.15) is 13.2 Å². The van der Waals surface area contributed by atoms with Gasteiger partial charge in [-0.25, -0.2) is 4.99 Å². The second-order valence-electron chi connectivity index (χ2n) is 5.71. The molecule has 136 valence electrons. The van der Waals surface area contributed by atoms with E-state index in [-0.39, 0.29) is 36.5 Å². The number of alkyl halides is 3. The maximum atomic E-state index is 12.7. The number of rotatable bonds is 5. The highest BCUT2D eigenvalue weighted by atomic mass is 127. The molecule has 1 atom stereocenters. The van der Waals surface area contributed by atoms with Crippen molar-refractivity contribution in [2.45, 2.75) is 38.5 Å². The predicted molar refractivity (Wildman–Crippen MR) is 100 cm³/mol. The zero-order chi connectivity index (χ0) is 16.9. The van der Waals surface area contributed by atoms with Crippen LogP contribution in [0.2, 0.25) is 0 Å². The van der Waals surface area contributed by atoms with Crippen molar-refractivity contribution < 1.29 is 13.2 Å². The summed E-state index contributed by atoms with van der Waals surface area (Å²) in [4.78, 5) is 6.51.